The van der Waals surface area contributed by atoms with E-state index in [4.69, 9.17) is 5.11 Å². The van der Waals surface area contributed by atoms with Gasteiger partial charge in [0.25, 0.3) is 0 Å². The van der Waals surface area contributed by atoms with Gasteiger partial charge in [-0.2, -0.15) is 0 Å². The van der Waals surface area contributed by atoms with Crippen molar-refractivity contribution in [3.8, 4) is 0 Å². The summed E-state index contributed by atoms with van der Waals surface area (Å²) < 4.78 is 0. The van der Waals surface area contributed by atoms with Gasteiger partial charge in [0.1, 0.15) is 0 Å². The molecule has 0 unspecified atom stereocenters. The maximum atomic E-state index is 8.91. The number of likely N-dealkylation sites (N-methyl/N-ethyl adjacent to an activating group) is 1. The Morgan fingerprint density at radius 2 is 2.50 bits per heavy atom. The molecular weight excluding hydrogens is 102 g/mol. The molecule has 0 spiro atoms. The number of aliphatic hydroxyl groups excluding tert-OH is 1. The van der Waals surface area contributed by atoms with Crippen LogP contribution < -0.4 is 0 Å². The van der Waals surface area contributed by atoms with Crippen LogP contribution in [-0.4, -0.2) is 23.6 Å². The molecule has 0 aromatic rings. The third kappa shape index (κ3) is 0.832. The second-order valence-corrected chi connectivity index (χ2v) is 1.83. The van der Waals surface area contributed by atoms with E-state index in [0.717, 1.165) is 6.54 Å². The molecule has 0 aliphatic carbocycles. The molecule has 0 saturated carbocycles. The lowest BCUT2D eigenvalue weighted by molar-refractivity contribution is 0.245. The first kappa shape index (κ1) is 5.22. The summed E-state index contributed by atoms with van der Waals surface area (Å²) in [7, 11) is 1.84. The van der Waals surface area contributed by atoms with Gasteiger partial charge < -0.3 is 10.0 Å². The summed E-state index contributed by atoms with van der Waals surface area (Å²) >= 11 is 0. The predicted molar refractivity (Wildman–Crippen MR) is 32.5 cm³/mol. The summed E-state index contributed by atoms with van der Waals surface area (Å²) in [5, 5.41) is 8.91. The van der Waals surface area contributed by atoms with Gasteiger partial charge in [-0.25, -0.2) is 0 Å². The maximum Gasteiger partial charge on any atom is 0.186 e. The monoisotopic (exact) mass is 111 g/mol. The van der Waals surface area contributed by atoms with Gasteiger partial charge in [0.2, 0.25) is 0 Å². The van der Waals surface area contributed by atoms with Crippen LogP contribution in [0, 0.1) is 0 Å². The van der Waals surface area contributed by atoms with Gasteiger partial charge in [0, 0.05) is 13.6 Å². The zero-order chi connectivity index (χ0) is 5.98. The highest BCUT2D eigenvalue weighted by molar-refractivity contribution is 5.11. The highest BCUT2D eigenvalue weighted by Crippen LogP contribution is 2.01. The molecule has 0 bridgehead atoms. The van der Waals surface area contributed by atoms with Crippen molar-refractivity contribution in [3.05, 3.63) is 24.1 Å². The van der Waals surface area contributed by atoms with E-state index < -0.39 is 0 Å². The Balaban J connectivity index is 2.66. The van der Waals surface area contributed by atoms with Gasteiger partial charge in [-0.15, -0.1) is 0 Å². The van der Waals surface area contributed by atoms with E-state index in [-0.39, 0.29) is 0 Å². The number of nitrogens with zero attached hydrogens (tertiary/aromatic N) is 1. The smallest absolute Gasteiger partial charge is 0.186 e. The average molecular weight is 111 g/mol. The first-order chi connectivity index (χ1) is 3.80. The Hall–Kier alpha value is -0.920. The van der Waals surface area contributed by atoms with Crippen molar-refractivity contribution in [3.63, 3.8) is 0 Å². The van der Waals surface area contributed by atoms with Crippen LogP contribution in [0.1, 0.15) is 0 Å². The molecule has 0 radical (unpaired) electrons. The van der Waals surface area contributed by atoms with Crippen molar-refractivity contribution < 1.29 is 5.11 Å². The molecule has 0 fully saturated rings. The van der Waals surface area contributed by atoms with Gasteiger partial charge in [0.05, 0.1) is 0 Å². The van der Waals surface area contributed by atoms with Crippen molar-refractivity contribution in [1.82, 2.24) is 4.90 Å². The molecule has 0 amide bonds. The summed E-state index contributed by atoms with van der Waals surface area (Å²) in [5.74, 6) is 0.340. The van der Waals surface area contributed by atoms with Crippen molar-refractivity contribution >= 4 is 0 Å². The molecule has 2 nitrogen and oxygen atoms in total. The summed E-state index contributed by atoms with van der Waals surface area (Å²) in [6.45, 7) is 0.808. The number of hydrogen-bond acceptors (Lipinski definition) is 2. The molecule has 1 rings (SSSR count). The molecule has 0 aromatic carbocycles. The van der Waals surface area contributed by atoms with Gasteiger partial charge in [-0.3, -0.25) is 0 Å². The minimum atomic E-state index is 0.340. The second-order valence-electron chi connectivity index (χ2n) is 1.83. The number of allylic oxidation sites excluding steroid dienone is 2. The molecule has 1 N–H and O–H groups in total. The molecule has 2 heteroatoms. The molecule has 1 heterocycles. The molecule has 0 aromatic heterocycles. The SMILES string of the molecule is CN1CC=CC=C1O. The third-order valence-corrected chi connectivity index (χ3v) is 1.15. The zero-order valence-corrected chi connectivity index (χ0v) is 4.83. The number of hydrogen-bond donors (Lipinski definition) is 1. The van der Waals surface area contributed by atoms with Crippen LogP contribution in [0.3, 0.4) is 0 Å². The fourth-order valence-electron chi connectivity index (χ4n) is 0.594. The molecular formula is C6H9NO. The van der Waals surface area contributed by atoms with E-state index in [1.54, 1.807) is 11.0 Å². The highest BCUT2D eigenvalue weighted by atomic mass is 16.3. The second kappa shape index (κ2) is 1.90. The molecule has 8 heavy (non-hydrogen) atoms. The molecule has 1 aliphatic rings. The van der Waals surface area contributed by atoms with Crippen molar-refractivity contribution in [2.24, 2.45) is 0 Å². The van der Waals surface area contributed by atoms with Gasteiger partial charge in [-0.1, -0.05) is 12.2 Å². The van der Waals surface area contributed by atoms with E-state index in [2.05, 4.69) is 0 Å². The van der Waals surface area contributed by atoms with Crippen LogP contribution in [0.2, 0.25) is 0 Å². The minimum absolute atomic E-state index is 0.340. The predicted octanol–water partition coefficient (Wildman–Crippen LogP) is 0.887. The Kier molecular flexibility index (Phi) is 1.24. The number of aliphatic hydroxyl groups is 1. The Morgan fingerprint density at radius 3 is 2.88 bits per heavy atom. The molecule has 0 saturated heterocycles. The number of rotatable bonds is 0. The van der Waals surface area contributed by atoms with Gasteiger partial charge in [-0.05, 0) is 6.08 Å². The van der Waals surface area contributed by atoms with Gasteiger partial charge >= 0.3 is 0 Å². The van der Waals surface area contributed by atoms with E-state index in [9.17, 15) is 0 Å². The Morgan fingerprint density at radius 1 is 1.75 bits per heavy atom. The standard InChI is InChI=1S/C6H9NO/c1-7-5-3-2-4-6(7)8/h2-4,8H,5H2,1H3. The van der Waals surface area contributed by atoms with Crippen LogP contribution in [0.15, 0.2) is 24.1 Å². The van der Waals surface area contributed by atoms with Crippen LogP contribution in [-0.2, 0) is 0 Å². The van der Waals surface area contributed by atoms with E-state index in [1.807, 2.05) is 19.2 Å². The summed E-state index contributed by atoms with van der Waals surface area (Å²) in [5.41, 5.74) is 0. The zero-order valence-electron chi connectivity index (χ0n) is 4.83. The maximum absolute atomic E-state index is 8.91. The normalized spacial score (nSPS) is 18.6. The van der Waals surface area contributed by atoms with Crippen LogP contribution in [0.5, 0.6) is 0 Å². The quantitative estimate of drug-likeness (QED) is 0.501. The largest absolute Gasteiger partial charge is 0.495 e. The molecule has 44 valence electrons. The summed E-state index contributed by atoms with van der Waals surface area (Å²) in [6, 6.07) is 0. The first-order valence-electron chi connectivity index (χ1n) is 2.57. The Labute approximate surface area is 48.7 Å². The average Bonchev–Trinajstić information content (AvgIpc) is 1.77. The lowest BCUT2D eigenvalue weighted by Crippen LogP contribution is -2.18. The fourth-order valence-corrected chi connectivity index (χ4v) is 0.594. The van der Waals surface area contributed by atoms with E-state index in [0.29, 0.717) is 5.88 Å². The van der Waals surface area contributed by atoms with Crippen LogP contribution >= 0.6 is 0 Å². The lowest BCUT2D eigenvalue weighted by Gasteiger charge is -2.17. The first-order valence-corrected chi connectivity index (χ1v) is 2.57. The van der Waals surface area contributed by atoms with Crippen LogP contribution in [0.25, 0.3) is 0 Å². The lowest BCUT2D eigenvalue weighted by atomic mass is 10.3. The van der Waals surface area contributed by atoms with E-state index >= 15 is 0 Å². The van der Waals surface area contributed by atoms with Gasteiger partial charge in [0.15, 0.2) is 5.88 Å². The topological polar surface area (TPSA) is 23.5 Å². The molecule has 0 atom stereocenters. The van der Waals surface area contributed by atoms with Crippen LogP contribution in [0.4, 0.5) is 0 Å². The fraction of sp³-hybridized carbons (Fsp3) is 0.333. The van der Waals surface area contributed by atoms with Crippen molar-refractivity contribution in [2.45, 2.75) is 0 Å². The molecule has 1 aliphatic heterocycles. The van der Waals surface area contributed by atoms with Crippen molar-refractivity contribution in [2.75, 3.05) is 13.6 Å². The summed E-state index contributed by atoms with van der Waals surface area (Å²) in [6.07, 6.45) is 5.50. The third-order valence-electron chi connectivity index (χ3n) is 1.15. The Bertz CT molecular complexity index is 137. The highest BCUT2D eigenvalue weighted by Gasteiger charge is 1.99. The summed E-state index contributed by atoms with van der Waals surface area (Å²) in [4.78, 5) is 1.76. The minimum Gasteiger partial charge on any atom is -0.495 e. The van der Waals surface area contributed by atoms with Crippen molar-refractivity contribution in [1.29, 1.82) is 0 Å². The van der Waals surface area contributed by atoms with E-state index in [1.165, 1.54) is 0 Å².